The molecule has 0 saturated carbocycles. The highest BCUT2D eigenvalue weighted by Crippen LogP contribution is 2.29. The molecule has 28 heavy (non-hydrogen) atoms. The summed E-state index contributed by atoms with van der Waals surface area (Å²) >= 11 is 1.71. The second kappa shape index (κ2) is 8.48. The number of benzene rings is 2. The minimum atomic E-state index is -0.0307. The Bertz CT molecular complexity index is 917. The van der Waals surface area contributed by atoms with Crippen LogP contribution < -0.4 is 15.0 Å². The van der Waals surface area contributed by atoms with Gasteiger partial charge in [-0.2, -0.15) is 0 Å². The number of piperazine rings is 1. The van der Waals surface area contributed by atoms with Gasteiger partial charge in [0.05, 0.1) is 16.8 Å². The van der Waals surface area contributed by atoms with Gasteiger partial charge in [0.2, 0.25) is 0 Å². The summed E-state index contributed by atoms with van der Waals surface area (Å²) in [6, 6.07) is 16.1. The molecule has 0 aliphatic carbocycles. The van der Waals surface area contributed by atoms with E-state index < -0.39 is 0 Å². The second-order valence-corrected chi connectivity index (χ2v) is 7.84. The van der Waals surface area contributed by atoms with E-state index >= 15 is 0 Å². The second-order valence-electron chi connectivity index (χ2n) is 6.84. The minimum Gasteiger partial charge on any atom is -0.492 e. The first-order chi connectivity index (χ1) is 13.7. The number of fused-ring (bicyclic) bond motifs is 1. The van der Waals surface area contributed by atoms with Gasteiger partial charge in [0.1, 0.15) is 12.4 Å². The number of thiazole rings is 1. The van der Waals surface area contributed by atoms with E-state index in [4.69, 9.17) is 9.72 Å². The van der Waals surface area contributed by atoms with E-state index in [1.54, 1.807) is 11.3 Å². The van der Waals surface area contributed by atoms with Crippen LogP contribution in [0.2, 0.25) is 0 Å². The van der Waals surface area contributed by atoms with Gasteiger partial charge in [-0.3, -0.25) is 0 Å². The van der Waals surface area contributed by atoms with E-state index in [0.29, 0.717) is 26.2 Å². The van der Waals surface area contributed by atoms with Gasteiger partial charge >= 0.3 is 6.03 Å². The monoisotopic (exact) mass is 396 g/mol. The third kappa shape index (κ3) is 4.36. The topological polar surface area (TPSA) is 57.7 Å². The maximum absolute atomic E-state index is 12.4. The molecule has 0 unspecified atom stereocenters. The van der Waals surface area contributed by atoms with Gasteiger partial charge in [0.15, 0.2) is 5.13 Å². The Morgan fingerprint density at radius 1 is 1.14 bits per heavy atom. The van der Waals surface area contributed by atoms with E-state index in [1.807, 2.05) is 54.3 Å². The summed E-state index contributed by atoms with van der Waals surface area (Å²) in [6.45, 7) is 5.97. The summed E-state index contributed by atoms with van der Waals surface area (Å²) in [4.78, 5) is 21.2. The average Bonchev–Trinajstić information content (AvgIpc) is 3.15. The summed E-state index contributed by atoms with van der Waals surface area (Å²) in [5.41, 5.74) is 2.20. The Hall–Kier alpha value is -2.80. The van der Waals surface area contributed by atoms with Crippen LogP contribution in [0.5, 0.6) is 5.75 Å². The number of hydrogen-bond acceptors (Lipinski definition) is 5. The molecule has 2 amide bonds. The minimum absolute atomic E-state index is 0.0307. The third-order valence-electron chi connectivity index (χ3n) is 4.76. The fourth-order valence-electron chi connectivity index (χ4n) is 3.24. The number of aromatic nitrogens is 1. The number of hydrogen-bond donors (Lipinski definition) is 1. The maximum atomic E-state index is 12.4. The van der Waals surface area contributed by atoms with E-state index in [-0.39, 0.29) is 6.03 Å². The van der Waals surface area contributed by atoms with Crippen LogP contribution in [0.4, 0.5) is 9.93 Å². The Kier molecular flexibility index (Phi) is 5.62. The zero-order chi connectivity index (χ0) is 19.3. The van der Waals surface area contributed by atoms with E-state index in [1.165, 1.54) is 4.70 Å². The van der Waals surface area contributed by atoms with Crippen LogP contribution in [-0.4, -0.2) is 55.2 Å². The fourth-order valence-corrected chi connectivity index (χ4v) is 4.26. The predicted octanol–water partition coefficient (Wildman–Crippen LogP) is 3.52. The number of ether oxygens (including phenoxy) is 1. The molecule has 4 rings (SSSR count). The first kappa shape index (κ1) is 18.6. The lowest BCUT2D eigenvalue weighted by molar-refractivity contribution is 0.191. The summed E-state index contributed by atoms with van der Waals surface area (Å²) in [5.74, 6) is 0.832. The molecule has 1 N–H and O–H groups in total. The van der Waals surface area contributed by atoms with Gasteiger partial charge < -0.3 is 19.9 Å². The molecule has 7 heteroatoms. The van der Waals surface area contributed by atoms with Gasteiger partial charge in [-0.1, -0.05) is 35.6 Å². The number of rotatable bonds is 5. The van der Waals surface area contributed by atoms with Crippen molar-refractivity contribution in [3.8, 4) is 5.75 Å². The quantitative estimate of drug-likeness (QED) is 0.671. The molecule has 1 saturated heterocycles. The zero-order valence-corrected chi connectivity index (χ0v) is 16.7. The van der Waals surface area contributed by atoms with Crippen LogP contribution in [0.15, 0.2) is 48.5 Å². The van der Waals surface area contributed by atoms with Crippen LogP contribution in [-0.2, 0) is 0 Å². The number of nitrogens with zero attached hydrogens (tertiary/aromatic N) is 3. The number of anilines is 1. The number of urea groups is 1. The van der Waals surface area contributed by atoms with Gasteiger partial charge in [-0.05, 0) is 36.8 Å². The predicted molar refractivity (Wildman–Crippen MR) is 113 cm³/mol. The van der Waals surface area contributed by atoms with Crippen molar-refractivity contribution in [2.45, 2.75) is 6.92 Å². The highest BCUT2D eigenvalue weighted by Gasteiger charge is 2.22. The lowest BCUT2D eigenvalue weighted by Crippen LogP contribution is -2.52. The van der Waals surface area contributed by atoms with E-state index in [2.05, 4.69) is 16.3 Å². The Morgan fingerprint density at radius 2 is 1.96 bits per heavy atom. The molecule has 0 bridgehead atoms. The summed E-state index contributed by atoms with van der Waals surface area (Å²) in [5, 5.41) is 3.98. The largest absolute Gasteiger partial charge is 0.492 e. The van der Waals surface area contributed by atoms with Crippen molar-refractivity contribution in [2.24, 2.45) is 0 Å². The molecule has 2 heterocycles. The third-order valence-corrected chi connectivity index (χ3v) is 5.85. The summed E-state index contributed by atoms with van der Waals surface area (Å²) in [7, 11) is 0. The first-order valence-corrected chi connectivity index (χ1v) is 10.3. The summed E-state index contributed by atoms with van der Waals surface area (Å²) < 4.78 is 6.88. The smallest absolute Gasteiger partial charge is 0.317 e. The zero-order valence-electron chi connectivity index (χ0n) is 15.9. The average molecular weight is 397 g/mol. The van der Waals surface area contributed by atoms with Crippen LogP contribution in [0.25, 0.3) is 10.2 Å². The van der Waals surface area contributed by atoms with Crippen LogP contribution in [0.3, 0.4) is 0 Å². The number of nitrogens with one attached hydrogen (secondary N) is 1. The Labute approximate surface area is 168 Å². The lowest BCUT2D eigenvalue weighted by atomic mass is 10.2. The van der Waals surface area contributed by atoms with Crippen molar-refractivity contribution in [1.29, 1.82) is 0 Å². The SMILES string of the molecule is Cc1cccc(OCCNC(=O)N2CCN(c3nc4ccccc4s3)CC2)c1. The molecule has 0 radical (unpaired) electrons. The van der Waals surface area contributed by atoms with Crippen molar-refractivity contribution in [3.05, 3.63) is 54.1 Å². The van der Waals surface area contributed by atoms with Gasteiger partial charge in [-0.15, -0.1) is 0 Å². The van der Waals surface area contributed by atoms with E-state index in [0.717, 1.165) is 35.1 Å². The first-order valence-electron chi connectivity index (χ1n) is 9.52. The molecule has 6 nitrogen and oxygen atoms in total. The molecule has 1 aliphatic rings. The van der Waals surface area contributed by atoms with Crippen LogP contribution >= 0.6 is 11.3 Å². The normalized spacial score (nSPS) is 14.3. The molecule has 1 aromatic heterocycles. The molecule has 2 aromatic carbocycles. The van der Waals surface area contributed by atoms with Crippen LogP contribution in [0.1, 0.15) is 5.56 Å². The highest BCUT2D eigenvalue weighted by atomic mass is 32.1. The van der Waals surface area contributed by atoms with Crippen LogP contribution in [0, 0.1) is 6.92 Å². The highest BCUT2D eigenvalue weighted by molar-refractivity contribution is 7.22. The molecule has 0 spiro atoms. The summed E-state index contributed by atoms with van der Waals surface area (Å²) in [6.07, 6.45) is 0. The molecule has 0 atom stereocenters. The fraction of sp³-hybridized carbons (Fsp3) is 0.333. The Balaban J connectivity index is 1.21. The molecule has 1 fully saturated rings. The van der Waals surface area contributed by atoms with Crippen molar-refractivity contribution in [3.63, 3.8) is 0 Å². The molecular formula is C21H24N4O2S. The van der Waals surface area contributed by atoms with Crippen molar-refractivity contribution in [2.75, 3.05) is 44.2 Å². The van der Waals surface area contributed by atoms with Crippen molar-refractivity contribution >= 4 is 32.7 Å². The molecular weight excluding hydrogens is 372 g/mol. The number of carbonyl (C=O) groups is 1. The van der Waals surface area contributed by atoms with Gasteiger partial charge in [0.25, 0.3) is 0 Å². The number of aryl methyl sites for hydroxylation is 1. The van der Waals surface area contributed by atoms with Crippen molar-refractivity contribution in [1.82, 2.24) is 15.2 Å². The van der Waals surface area contributed by atoms with E-state index in [9.17, 15) is 4.79 Å². The Morgan fingerprint density at radius 3 is 2.75 bits per heavy atom. The van der Waals surface area contributed by atoms with Crippen molar-refractivity contribution < 1.29 is 9.53 Å². The maximum Gasteiger partial charge on any atom is 0.317 e. The van der Waals surface area contributed by atoms with Gasteiger partial charge in [0, 0.05) is 26.2 Å². The molecule has 146 valence electrons. The number of para-hydroxylation sites is 1. The molecule has 1 aliphatic heterocycles. The molecule has 3 aromatic rings. The van der Waals surface area contributed by atoms with Gasteiger partial charge in [-0.25, -0.2) is 9.78 Å². The number of carbonyl (C=O) groups excluding carboxylic acids is 1. The lowest BCUT2D eigenvalue weighted by Gasteiger charge is -2.34. The number of amides is 2. The standard InChI is InChI=1S/C21H24N4O2S/c1-16-5-4-6-17(15-16)27-14-9-22-20(26)24-10-12-25(13-11-24)21-23-18-7-2-3-8-19(18)28-21/h2-8,15H,9-14H2,1H3,(H,22,26).